The molecule has 0 amide bonds. The number of allylic oxidation sites excluding steroid dienone is 1. The summed E-state index contributed by atoms with van der Waals surface area (Å²) in [4.78, 5) is 8.38. The number of methoxy groups -OCH3 is 1. The average molecular weight is 419 g/mol. The molecule has 1 heterocycles. The van der Waals surface area contributed by atoms with Gasteiger partial charge < -0.3 is 9.47 Å². The Hall–Kier alpha value is -3.47. The Labute approximate surface area is 183 Å². The van der Waals surface area contributed by atoms with Crippen LogP contribution in [0.3, 0.4) is 0 Å². The van der Waals surface area contributed by atoms with Crippen LogP contribution < -0.4 is 9.47 Å². The lowest BCUT2D eigenvalue weighted by molar-refractivity contribution is 0.303. The highest BCUT2D eigenvalue weighted by molar-refractivity contribution is 5.98. The molecule has 0 saturated carbocycles. The van der Waals surface area contributed by atoms with Crippen molar-refractivity contribution in [3.63, 3.8) is 0 Å². The van der Waals surface area contributed by atoms with Crippen LogP contribution in [0.15, 0.2) is 77.9 Å². The number of rotatable bonds is 8. The molecule has 0 bridgehead atoms. The van der Waals surface area contributed by atoms with Crippen molar-refractivity contribution in [3.8, 4) is 11.5 Å². The van der Waals surface area contributed by atoms with Crippen LogP contribution in [-0.2, 0) is 6.61 Å². The summed E-state index contributed by atoms with van der Waals surface area (Å²) in [5.41, 5.74) is 4.75. The lowest BCUT2D eigenvalue weighted by atomic mass is 10.0. The lowest BCUT2D eigenvalue weighted by Crippen LogP contribution is -2.03. The SMILES string of the molecule is COc1cc(OCc2ccccc2)ccc1/C(C)=C\C(C)/N=C(\C)c1ccc(F)nc1. The molecule has 1 aromatic heterocycles. The number of benzene rings is 2. The average Bonchev–Trinajstić information content (AvgIpc) is 2.78. The van der Waals surface area contributed by atoms with Gasteiger partial charge in [-0.1, -0.05) is 36.4 Å². The first-order valence-electron chi connectivity index (χ1n) is 10.2. The molecule has 160 valence electrons. The van der Waals surface area contributed by atoms with E-state index in [4.69, 9.17) is 14.5 Å². The Morgan fingerprint density at radius 3 is 2.55 bits per heavy atom. The van der Waals surface area contributed by atoms with Gasteiger partial charge in [-0.05, 0) is 56.2 Å². The van der Waals surface area contributed by atoms with Gasteiger partial charge in [0.05, 0.1) is 13.2 Å². The first-order chi connectivity index (χ1) is 15.0. The van der Waals surface area contributed by atoms with Gasteiger partial charge in [0.15, 0.2) is 0 Å². The summed E-state index contributed by atoms with van der Waals surface area (Å²) in [6.45, 7) is 6.44. The quantitative estimate of drug-likeness (QED) is 0.327. The van der Waals surface area contributed by atoms with E-state index >= 15 is 0 Å². The molecular formula is C26H27FN2O2. The number of nitrogens with zero attached hydrogens (tertiary/aromatic N) is 2. The maximum absolute atomic E-state index is 13.0. The van der Waals surface area contributed by atoms with Gasteiger partial charge >= 0.3 is 0 Å². The summed E-state index contributed by atoms with van der Waals surface area (Å²) < 4.78 is 24.5. The fraction of sp³-hybridized carbons (Fsp3) is 0.231. The van der Waals surface area contributed by atoms with Crippen LogP contribution >= 0.6 is 0 Å². The molecule has 1 atom stereocenters. The van der Waals surface area contributed by atoms with Gasteiger partial charge in [0, 0.05) is 29.1 Å². The number of halogens is 1. The fourth-order valence-electron chi connectivity index (χ4n) is 3.29. The van der Waals surface area contributed by atoms with Crippen molar-refractivity contribution in [2.45, 2.75) is 33.4 Å². The fourth-order valence-corrected chi connectivity index (χ4v) is 3.29. The molecule has 0 N–H and O–H groups in total. The molecule has 3 rings (SSSR count). The van der Waals surface area contributed by atoms with Crippen LogP contribution in [0.5, 0.6) is 11.5 Å². The third-order valence-electron chi connectivity index (χ3n) is 4.88. The van der Waals surface area contributed by atoms with Gasteiger partial charge in [-0.25, -0.2) is 4.98 Å². The van der Waals surface area contributed by atoms with Crippen molar-refractivity contribution >= 4 is 11.3 Å². The van der Waals surface area contributed by atoms with E-state index in [2.05, 4.69) is 11.1 Å². The molecule has 0 aliphatic rings. The molecule has 0 radical (unpaired) electrons. The van der Waals surface area contributed by atoms with Crippen LogP contribution in [0, 0.1) is 5.95 Å². The first kappa shape index (κ1) is 22.2. The minimum absolute atomic E-state index is 0.0660. The number of pyridine rings is 1. The maximum atomic E-state index is 13.0. The Bertz CT molecular complexity index is 1060. The van der Waals surface area contributed by atoms with Crippen LogP contribution in [0.1, 0.15) is 37.5 Å². The standard InChI is InChI=1S/C26H27FN2O2/c1-18(14-19(2)29-20(3)22-10-13-26(27)28-16-22)24-12-11-23(15-25(24)30-4)31-17-21-8-6-5-7-9-21/h5-16,19H,17H2,1-4H3/b18-14-,29-20+. The number of aromatic nitrogens is 1. The smallest absolute Gasteiger partial charge is 0.212 e. The van der Waals surface area contributed by atoms with Gasteiger partial charge in [0.25, 0.3) is 0 Å². The van der Waals surface area contributed by atoms with E-state index in [9.17, 15) is 4.39 Å². The summed E-state index contributed by atoms with van der Waals surface area (Å²) in [6.07, 6.45) is 3.57. The van der Waals surface area contributed by atoms with Gasteiger partial charge in [-0.15, -0.1) is 0 Å². The molecule has 5 heteroatoms. The minimum Gasteiger partial charge on any atom is -0.496 e. The molecule has 2 aromatic carbocycles. The summed E-state index contributed by atoms with van der Waals surface area (Å²) in [7, 11) is 1.65. The van der Waals surface area contributed by atoms with Crippen molar-refractivity contribution in [2.75, 3.05) is 7.11 Å². The minimum atomic E-state index is -0.497. The third kappa shape index (κ3) is 6.25. The van der Waals surface area contributed by atoms with E-state index < -0.39 is 5.95 Å². The van der Waals surface area contributed by atoms with Crippen molar-refractivity contribution < 1.29 is 13.9 Å². The molecule has 4 nitrogen and oxygen atoms in total. The van der Waals surface area contributed by atoms with E-state index in [-0.39, 0.29) is 6.04 Å². The van der Waals surface area contributed by atoms with E-state index in [0.29, 0.717) is 6.61 Å². The number of hydrogen-bond donors (Lipinski definition) is 0. The van der Waals surface area contributed by atoms with Gasteiger partial charge in [0.2, 0.25) is 5.95 Å². The molecule has 0 spiro atoms. The van der Waals surface area contributed by atoms with E-state index in [1.807, 2.05) is 69.3 Å². The third-order valence-corrected chi connectivity index (χ3v) is 4.88. The van der Waals surface area contributed by atoms with Gasteiger partial charge in [-0.2, -0.15) is 4.39 Å². The van der Waals surface area contributed by atoms with Gasteiger partial charge in [0.1, 0.15) is 18.1 Å². The number of aliphatic imine (C=N–C) groups is 1. The van der Waals surface area contributed by atoms with E-state index in [0.717, 1.165) is 39.5 Å². The van der Waals surface area contributed by atoms with E-state index in [1.54, 1.807) is 13.2 Å². The Morgan fingerprint density at radius 2 is 1.87 bits per heavy atom. The highest BCUT2D eigenvalue weighted by Gasteiger charge is 2.09. The lowest BCUT2D eigenvalue weighted by Gasteiger charge is -2.13. The van der Waals surface area contributed by atoms with Crippen LogP contribution in [0.25, 0.3) is 5.57 Å². The molecule has 1 unspecified atom stereocenters. The summed E-state index contributed by atoms with van der Waals surface area (Å²) >= 11 is 0. The molecule has 0 aliphatic heterocycles. The summed E-state index contributed by atoms with van der Waals surface area (Å²) in [6, 6.07) is 18.8. The van der Waals surface area contributed by atoms with Crippen molar-refractivity contribution in [3.05, 3.63) is 95.6 Å². The monoisotopic (exact) mass is 418 g/mol. The predicted molar refractivity (Wildman–Crippen MR) is 123 cm³/mol. The molecule has 3 aromatic rings. The Morgan fingerprint density at radius 1 is 1.10 bits per heavy atom. The highest BCUT2D eigenvalue weighted by Crippen LogP contribution is 2.31. The van der Waals surface area contributed by atoms with Crippen molar-refractivity contribution in [1.82, 2.24) is 4.98 Å². The Balaban J connectivity index is 1.73. The zero-order valence-electron chi connectivity index (χ0n) is 18.3. The second-order valence-corrected chi connectivity index (χ2v) is 7.31. The zero-order valence-corrected chi connectivity index (χ0v) is 18.3. The van der Waals surface area contributed by atoms with Crippen molar-refractivity contribution in [2.24, 2.45) is 4.99 Å². The molecule has 0 saturated heterocycles. The van der Waals surface area contributed by atoms with E-state index in [1.165, 1.54) is 12.3 Å². The second-order valence-electron chi connectivity index (χ2n) is 7.31. The molecule has 31 heavy (non-hydrogen) atoms. The van der Waals surface area contributed by atoms with Crippen LogP contribution in [0.2, 0.25) is 0 Å². The molecular weight excluding hydrogens is 391 g/mol. The molecule has 0 fully saturated rings. The topological polar surface area (TPSA) is 43.7 Å². The second kappa shape index (κ2) is 10.5. The van der Waals surface area contributed by atoms with Gasteiger partial charge in [-0.3, -0.25) is 4.99 Å². The maximum Gasteiger partial charge on any atom is 0.212 e. The number of hydrogen-bond acceptors (Lipinski definition) is 4. The molecule has 0 aliphatic carbocycles. The van der Waals surface area contributed by atoms with Crippen molar-refractivity contribution in [1.29, 1.82) is 0 Å². The number of ether oxygens (including phenoxy) is 2. The Kier molecular flexibility index (Phi) is 7.55. The highest BCUT2D eigenvalue weighted by atomic mass is 19.1. The zero-order chi connectivity index (χ0) is 22.2. The van der Waals surface area contributed by atoms with Crippen LogP contribution in [-0.4, -0.2) is 23.8 Å². The normalized spacial score (nSPS) is 13.1. The predicted octanol–water partition coefficient (Wildman–Crippen LogP) is 6.11. The first-order valence-corrected chi connectivity index (χ1v) is 10.2. The largest absolute Gasteiger partial charge is 0.496 e. The summed E-state index contributed by atoms with van der Waals surface area (Å²) in [5, 5.41) is 0. The summed E-state index contributed by atoms with van der Waals surface area (Å²) in [5.74, 6) is 1.00. The van der Waals surface area contributed by atoms with Crippen LogP contribution in [0.4, 0.5) is 4.39 Å².